The Morgan fingerprint density at radius 1 is 1.15 bits per heavy atom. The highest BCUT2D eigenvalue weighted by Gasteiger charge is 2.07. The van der Waals surface area contributed by atoms with Crippen LogP contribution < -0.4 is 14.9 Å². The number of rotatable bonds is 7. The molecule has 0 saturated carbocycles. The number of carbonyl (C=O) groups excluding carboxylic acids is 1. The third-order valence-corrected chi connectivity index (χ3v) is 3.60. The van der Waals surface area contributed by atoms with E-state index in [0.29, 0.717) is 18.1 Å². The van der Waals surface area contributed by atoms with Crippen molar-refractivity contribution in [2.24, 2.45) is 5.10 Å². The van der Waals surface area contributed by atoms with Gasteiger partial charge in [-0.05, 0) is 29.3 Å². The van der Waals surface area contributed by atoms with Crippen molar-refractivity contribution in [3.05, 3.63) is 83.9 Å². The monoisotopic (exact) mass is 362 g/mol. The number of benzene rings is 2. The first-order chi connectivity index (χ1) is 13.3. The largest absolute Gasteiger partial charge is 0.493 e. The predicted octanol–water partition coefficient (Wildman–Crippen LogP) is 2.83. The van der Waals surface area contributed by atoms with Crippen LogP contribution in [-0.2, 0) is 6.61 Å². The van der Waals surface area contributed by atoms with Gasteiger partial charge in [0.25, 0.3) is 5.91 Å². The lowest BCUT2D eigenvalue weighted by atomic mass is 10.2. The van der Waals surface area contributed by atoms with Crippen molar-refractivity contribution in [1.82, 2.24) is 15.4 Å². The topological polar surface area (TPSA) is 85.7 Å². The van der Waals surface area contributed by atoms with E-state index in [1.165, 1.54) is 24.8 Å². The van der Waals surface area contributed by atoms with Gasteiger partial charge in [0.2, 0.25) is 0 Å². The summed E-state index contributed by atoms with van der Waals surface area (Å²) in [5, 5.41) is 3.94. The van der Waals surface area contributed by atoms with E-state index in [1.54, 1.807) is 19.2 Å². The fourth-order valence-electron chi connectivity index (χ4n) is 2.26. The minimum atomic E-state index is -0.437. The maximum atomic E-state index is 11.9. The second-order valence-corrected chi connectivity index (χ2v) is 5.47. The molecule has 0 bridgehead atoms. The van der Waals surface area contributed by atoms with E-state index in [0.717, 1.165) is 11.1 Å². The summed E-state index contributed by atoms with van der Waals surface area (Å²) >= 11 is 0. The Kier molecular flexibility index (Phi) is 6.08. The Labute approximate surface area is 156 Å². The third-order valence-electron chi connectivity index (χ3n) is 3.60. The molecule has 0 atom stereocenters. The summed E-state index contributed by atoms with van der Waals surface area (Å²) < 4.78 is 11.2. The molecule has 27 heavy (non-hydrogen) atoms. The van der Waals surface area contributed by atoms with E-state index in [4.69, 9.17) is 9.47 Å². The summed E-state index contributed by atoms with van der Waals surface area (Å²) in [6.45, 7) is 0.418. The van der Waals surface area contributed by atoms with Gasteiger partial charge in [-0.15, -0.1) is 0 Å². The van der Waals surface area contributed by atoms with Crippen LogP contribution in [0.5, 0.6) is 11.5 Å². The number of aromatic nitrogens is 2. The number of hydrazone groups is 1. The molecule has 7 heteroatoms. The van der Waals surface area contributed by atoms with Crippen molar-refractivity contribution in [3.8, 4) is 11.5 Å². The molecule has 1 N–H and O–H groups in total. The number of ether oxygens (including phenoxy) is 2. The van der Waals surface area contributed by atoms with Gasteiger partial charge in [0.05, 0.1) is 19.5 Å². The van der Waals surface area contributed by atoms with Gasteiger partial charge >= 0.3 is 0 Å². The number of amides is 1. The van der Waals surface area contributed by atoms with Gasteiger partial charge in [0.15, 0.2) is 11.5 Å². The highest BCUT2D eigenvalue weighted by atomic mass is 16.5. The Bertz CT molecular complexity index is 915. The molecule has 0 spiro atoms. The first-order valence-electron chi connectivity index (χ1n) is 8.20. The molecule has 0 aliphatic rings. The van der Waals surface area contributed by atoms with Crippen LogP contribution in [0.1, 0.15) is 21.6 Å². The molecule has 1 amide bonds. The van der Waals surface area contributed by atoms with Crippen LogP contribution in [0.25, 0.3) is 0 Å². The number of methoxy groups -OCH3 is 1. The van der Waals surface area contributed by atoms with Gasteiger partial charge in [-0.3, -0.25) is 9.78 Å². The molecule has 1 heterocycles. The standard InChI is InChI=1S/C20H18N4O3/c1-26-18-8-7-16(11-19(18)27-14-15-5-3-2-4-6-15)12-23-24-20(25)17-13-21-9-10-22-17/h2-13H,14H2,1H3,(H,24,25). The van der Waals surface area contributed by atoms with E-state index in [9.17, 15) is 4.79 Å². The quantitative estimate of drug-likeness (QED) is 0.516. The third kappa shape index (κ3) is 5.12. The summed E-state index contributed by atoms with van der Waals surface area (Å²) in [6, 6.07) is 15.2. The summed E-state index contributed by atoms with van der Waals surface area (Å²) in [5.41, 5.74) is 4.40. The molecule has 0 aliphatic heterocycles. The molecule has 0 unspecified atom stereocenters. The maximum Gasteiger partial charge on any atom is 0.291 e. The van der Waals surface area contributed by atoms with Crippen LogP contribution in [0.15, 0.2) is 72.2 Å². The molecule has 136 valence electrons. The van der Waals surface area contributed by atoms with Crippen LogP contribution in [0.3, 0.4) is 0 Å². The Morgan fingerprint density at radius 2 is 2.00 bits per heavy atom. The Morgan fingerprint density at radius 3 is 2.74 bits per heavy atom. The lowest BCUT2D eigenvalue weighted by molar-refractivity contribution is 0.0949. The average molecular weight is 362 g/mol. The van der Waals surface area contributed by atoms with Crippen molar-refractivity contribution < 1.29 is 14.3 Å². The number of nitrogens with zero attached hydrogens (tertiary/aromatic N) is 3. The first-order valence-corrected chi connectivity index (χ1v) is 8.20. The minimum Gasteiger partial charge on any atom is -0.493 e. The molecular weight excluding hydrogens is 344 g/mol. The smallest absolute Gasteiger partial charge is 0.291 e. The zero-order valence-corrected chi connectivity index (χ0v) is 14.7. The summed E-state index contributed by atoms with van der Waals surface area (Å²) in [7, 11) is 1.58. The van der Waals surface area contributed by atoms with Crippen LogP contribution in [-0.4, -0.2) is 29.2 Å². The number of hydrogen-bond acceptors (Lipinski definition) is 6. The van der Waals surface area contributed by atoms with Gasteiger partial charge in [-0.1, -0.05) is 30.3 Å². The number of nitrogens with one attached hydrogen (secondary N) is 1. The van der Waals surface area contributed by atoms with E-state index in [1.807, 2.05) is 36.4 Å². The summed E-state index contributed by atoms with van der Waals surface area (Å²) in [6.07, 6.45) is 5.82. The lowest BCUT2D eigenvalue weighted by Crippen LogP contribution is -2.19. The number of hydrogen-bond donors (Lipinski definition) is 1. The zero-order chi connectivity index (χ0) is 18.9. The maximum absolute atomic E-state index is 11.9. The molecule has 0 fully saturated rings. The van der Waals surface area contributed by atoms with E-state index < -0.39 is 5.91 Å². The fraction of sp³-hybridized carbons (Fsp3) is 0.100. The molecule has 7 nitrogen and oxygen atoms in total. The van der Waals surface area contributed by atoms with Gasteiger partial charge in [-0.25, -0.2) is 10.4 Å². The van der Waals surface area contributed by atoms with Crippen molar-refractivity contribution in [2.75, 3.05) is 7.11 Å². The van der Waals surface area contributed by atoms with Crippen LogP contribution in [0.4, 0.5) is 0 Å². The molecule has 3 aromatic rings. The minimum absolute atomic E-state index is 0.191. The second kappa shape index (κ2) is 9.10. The highest BCUT2D eigenvalue weighted by molar-refractivity contribution is 5.92. The van der Waals surface area contributed by atoms with Gasteiger partial charge in [-0.2, -0.15) is 5.10 Å². The molecule has 3 rings (SSSR count). The SMILES string of the molecule is COc1ccc(C=NNC(=O)c2cnccn2)cc1OCc1ccccc1. The van der Waals surface area contributed by atoms with Gasteiger partial charge < -0.3 is 9.47 Å². The normalized spacial score (nSPS) is 10.6. The van der Waals surface area contributed by atoms with Gasteiger partial charge in [0, 0.05) is 12.4 Å². The Balaban J connectivity index is 1.66. The fourth-order valence-corrected chi connectivity index (χ4v) is 2.26. The van der Waals surface area contributed by atoms with Crippen molar-refractivity contribution >= 4 is 12.1 Å². The molecular formula is C20H18N4O3. The first kappa shape index (κ1) is 18.1. The second-order valence-electron chi connectivity index (χ2n) is 5.47. The van der Waals surface area contributed by atoms with E-state index in [-0.39, 0.29) is 5.69 Å². The van der Waals surface area contributed by atoms with E-state index >= 15 is 0 Å². The molecule has 2 aromatic carbocycles. The van der Waals surface area contributed by atoms with Crippen LogP contribution in [0, 0.1) is 0 Å². The number of carbonyl (C=O) groups is 1. The lowest BCUT2D eigenvalue weighted by Gasteiger charge is -2.11. The van der Waals surface area contributed by atoms with Crippen molar-refractivity contribution in [3.63, 3.8) is 0 Å². The van der Waals surface area contributed by atoms with Crippen LogP contribution in [0.2, 0.25) is 0 Å². The van der Waals surface area contributed by atoms with Gasteiger partial charge in [0.1, 0.15) is 12.3 Å². The Hall–Kier alpha value is -3.74. The predicted molar refractivity (Wildman–Crippen MR) is 101 cm³/mol. The van der Waals surface area contributed by atoms with Crippen LogP contribution >= 0.6 is 0 Å². The van der Waals surface area contributed by atoms with E-state index in [2.05, 4.69) is 20.5 Å². The molecule has 0 radical (unpaired) electrons. The molecule has 1 aromatic heterocycles. The molecule has 0 aliphatic carbocycles. The molecule has 0 saturated heterocycles. The van der Waals surface area contributed by atoms with Crippen molar-refractivity contribution in [1.29, 1.82) is 0 Å². The highest BCUT2D eigenvalue weighted by Crippen LogP contribution is 2.28. The van der Waals surface area contributed by atoms with Crippen molar-refractivity contribution in [2.45, 2.75) is 6.61 Å². The average Bonchev–Trinajstić information content (AvgIpc) is 2.73. The summed E-state index contributed by atoms with van der Waals surface area (Å²) in [5.74, 6) is 0.769. The summed E-state index contributed by atoms with van der Waals surface area (Å²) in [4.78, 5) is 19.6. The zero-order valence-electron chi connectivity index (χ0n) is 14.7.